The predicted molar refractivity (Wildman–Crippen MR) is 156 cm³/mol. The summed E-state index contributed by atoms with van der Waals surface area (Å²) in [6.45, 7) is -2.12. The van der Waals surface area contributed by atoms with Crippen LogP contribution in [0.1, 0.15) is 47.9 Å². The lowest BCUT2D eigenvalue weighted by atomic mass is 9.88. The molecule has 10 nitrogen and oxygen atoms in total. The third-order valence-electron chi connectivity index (χ3n) is 7.60. The van der Waals surface area contributed by atoms with E-state index >= 15 is 8.78 Å². The molecule has 2 amide bonds. The van der Waals surface area contributed by atoms with Crippen LogP contribution < -0.4 is 20.5 Å². The summed E-state index contributed by atoms with van der Waals surface area (Å²) in [5.41, 5.74) is -0.539. The van der Waals surface area contributed by atoms with Gasteiger partial charge in [0, 0.05) is 34.3 Å². The normalized spacial score (nSPS) is 15.1. The maximum Gasteiger partial charge on any atom is 0.333 e. The minimum Gasteiger partial charge on any atom is -0.494 e. The van der Waals surface area contributed by atoms with Crippen LogP contribution >= 0.6 is 11.6 Å². The number of methoxy groups -OCH3 is 1. The Balaban J connectivity index is 1.59. The third-order valence-corrected chi connectivity index (χ3v) is 7.89. The third kappa shape index (κ3) is 6.03. The van der Waals surface area contributed by atoms with Crippen molar-refractivity contribution in [3.63, 3.8) is 0 Å². The number of hydrogen-bond donors (Lipinski definition) is 3. The van der Waals surface area contributed by atoms with Gasteiger partial charge < -0.3 is 25.6 Å². The monoisotopic (exact) mass is 667 g/mol. The Bertz CT molecular complexity index is 1850. The Morgan fingerprint density at radius 2 is 1.91 bits per heavy atom. The lowest BCUT2D eigenvalue weighted by Gasteiger charge is -2.33. The highest BCUT2D eigenvalue weighted by Crippen LogP contribution is 2.54. The van der Waals surface area contributed by atoms with Crippen molar-refractivity contribution in [1.29, 1.82) is 0 Å². The summed E-state index contributed by atoms with van der Waals surface area (Å²) >= 11 is 5.93. The summed E-state index contributed by atoms with van der Waals surface area (Å²) in [5, 5.41) is 17.8. The smallest absolute Gasteiger partial charge is 0.333 e. The number of alkyl halides is 3. The zero-order valence-corrected chi connectivity index (χ0v) is 25.1. The van der Waals surface area contributed by atoms with Gasteiger partial charge in [0.2, 0.25) is 5.91 Å². The second-order valence-electron chi connectivity index (χ2n) is 10.7. The molecule has 46 heavy (non-hydrogen) atoms. The minimum atomic E-state index is -2.95. The molecule has 0 unspecified atom stereocenters. The summed E-state index contributed by atoms with van der Waals surface area (Å²) in [7, 11) is 1.26. The molecule has 2 heterocycles. The van der Waals surface area contributed by atoms with Crippen LogP contribution in [0.5, 0.6) is 11.5 Å². The van der Waals surface area contributed by atoms with Crippen molar-refractivity contribution >= 4 is 34.3 Å². The average Bonchev–Trinajstić information content (AvgIpc) is 3.61. The quantitative estimate of drug-likeness (QED) is 0.143. The molecule has 1 aliphatic carbocycles. The number of hydrogen-bond acceptors (Lipinski definition) is 7. The van der Waals surface area contributed by atoms with E-state index in [4.69, 9.17) is 26.8 Å². The van der Waals surface area contributed by atoms with Gasteiger partial charge in [0.15, 0.2) is 5.60 Å². The van der Waals surface area contributed by atoms with E-state index in [1.807, 2.05) is 0 Å². The number of aromatic nitrogens is 3. The number of nitrogens with two attached hydrogens (primary N) is 1. The van der Waals surface area contributed by atoms with Gasteiger partial charge in [-0.2, -0.15) is 13.9 Å². The van der Waals surface area contributed by atoms with Crippen molar-refractivity contribution in [1.82, 2.24) is 20.1 Å². The summed E-state index contributed by atoms with van der Waals surface area (Å²) < 4.78 is 82.9. The summed E-state index contributed by atoms with van der Waals surface area (Å²) in [4.78, 5) is 29.7. The number of benzene rings is 2. The van der Waals surface area contributed by atoms with E-state index in [0.717, 1.165) is 12.3 Å². The Labute approximate surface area is 263 Å². The van der Waals surface area contributed by atoms with E-state index in [-0.39, 0.29) is 64.2 Å². The van der Waals surface area contributed by atoms with Crippen molar-refractivity contribution in [3.8, 4) is 22.8 Å². The van der Waals surface area contributed by atoms with Gasteiger partial charge in [0.05, 0.1) is 37.4 Å². The van der Waals surface area contributed by atoms with Crippen LogP contribution in [-0.4, -0.2) is 57.6 Å². The van der Waals surface area contributed by atoms with Gasteiger partial charge in [-0.25, -0.2) is 22.8 Å². The maximum absolute atomic E-state index is 16.1. The molecule has 4 N–H and O–H groups in total. The molecule has 0 saturated heterocycles. The molecule has 1 saturated carbocycles. The fourth-order valence-corrected chi connectivity index (χ4v) is 5.29. The van der Waals surface area contributed by atoms with Crippen LogP contribution in [0.4, 0.5) is 22.0 Å². The fourth-order valence-electron chi connectivity index (χ4n) is 5.13. The Morgan fingerprint density at radius 1 is 1.20 bits per heavy atom. The van der Waals surface area contributed by atoms with E-state index in [1.54, 1.807) is 6.92 Å². The topological polar surface area (TPSA) is 142 Å². The van der Waals surface area contributed by atoms with Gasteiger partial charge in [-0.15, -0.1) is 0 Å². The zero-order chi connectivity index (χ0) is 33.6. The number of aliphatic hydroxyl groups is 1. The molecular formula is C30H27ClF5N5O5. The van der Waals surface area contributed by atoms with Crippen LogP contribution in [-0.2, 0) is 16.8 Å². The Kier molecular flexibility index (Phi) is 8.84. The van der Waals surface area contributed by atoms with Crippen molar-refractivity contribution in [2.75, 3.05) is 20.3 Å². The number of pyridine rings is 1. The summed E-state index contributed by atoms with van der Waals surface area (Å²) in [6.07, 6.45) is 0.237. The number of primary amides is 1. The standard InChI is InChI=1S/C30H27ClF5N5O5/c1-3-46-26-14(9-23(37)42)8-22(39-25(26)17-10-18(31)20(33)11-19(17)32)30(44,29(36)4-5-29)13-38-27(43)15-6-16-12-41(28(34)35)40-24(16)21(7-15)45-2/h6-8,10-12,28,44H,3-5,9,13H2,1-2H3,(H2,37,42)(H,38,43)/t30-/m0/s1. The lowest BCUT2D eigenvalue weighted by molar-refractivity contribution is -0.117. The fraction of sp³-hybridized carbons (Fsp3) is 0.333. The van der Waals surface area contributed by atoms with Crippen molar-refractivity contribution < 1.29 is 46.1 Å². The second kappa shape index (κ2) is 12.4. The number of halogens is 6. The molecule has 5 rings (SSSR count). The Hall–Kier alpha value is -4.50. The van der Waals surface area contributed by atoms with Crippen LogP contribution in [0.2, 0.25) is 5.02 Å². The first kappa shape index (κ1) is 32.9. The average molecular weight is 668 g/mol. The number of fused-ring (bicyclic) bond motifs is 1. The van der Waals surface area contributed by atoms with Crippen LogP contribution in [0.25, 0.3) is 22.2 Å². The van der Waals surface area contributed by atoms with E-state index in [0.29, 0.717) is 10.7 Å². The molecule has 2 aromatic heterocycles. The number of nitrogens with one attached hydrogen (secondary N) is 1. The van der Waals surface area contributed by atoms with Gasteiger partial charge in [0.1, 0.15) is 40.0 Å². The van der Waals surface area contributed by atoms with Gasteiger partial charge in [0.25, 0.3) is 5.91 Å². The van der Waals surface area contributed by atoms with Crippen molar-refractivity contribution in [3.05, 3.63) is 70.0 Å². The molecule has 0 spiro atoms. The first-order valence-electron chi connectivity index (χ1n) is 13.9. The maximum atomic E-state index is 16.1. The number of carbonyl (C=O) groups excluding carboxylic acids is 2. The van der Waals surface area contributed by atoms with Crippen LogP contribution in [0.3, 0.4) is 0 Å². The number of nitrogens with zero attached hydrogens (tertiary/aromatic N) is 3. The Morgan fingerprint density at radius 3 is 2.52 bits per heavy atom. The second-order valence-corrected chi connectivity index (χ2v) is 11.1. The predicted octanol–water partition coefficient (Wildman–Crippen LogP) is 4.98. The van der Waals surface area contributed by atoms with Crippen LogP contribution in [0, 0.1) is 11.6 Å². The minimum absolute atomic E-state index is 0.00767. The molecule has 0 radical (unpaired) electrons. The summed E-state index contributed by atoms with van der Waals surface area (Å²) in [6, 6.07) is 5.11. The number of ether oxygens (including phenoxy) is 2. The van der Waals surface area contributed by atoms with Crippen molar-refractivity contribution in [2.45, 2.75) is 44.0 Å². The van der Waals surface area contributed by atoms with E-state index in [2.05, 4.69) is 15.4 Å². The van der Waals surface area contributed by atoms with Gasteiger partial charge in [-0.05, 0) is 44.0 Å². The van der Waals surface area contributed by atoms with E-state index in [9.17, 15) is 27.9 Å². The summed E-state index contributed by atoms with van der Waals surface area (Å²) in [5.74, 6) is -3.99. The zero-order valence-electron chi connectivity index (χ0n) is 24.3. The van der Waals surface area contributed by atoms with E-state index < -0.39 is 65.0 Å². The highest BCUT2D eigenvalue weighted by Gasteiger charge is 2.62. The van der Waals surface area contributed by atoms with Crippen LogP contribution in [0.15, 0.2) is 36.5 Å². The highest BCUT2D eigenvalue weighted by atomic mass is 35.5. The number of amides is 2. The van der Waals surface area contributed by atoms with Crippen molar-refractivity contribution in [2.24, 2.45) is 5.73 Å². The molecule has 1 fully saturated rings. The van der Waals surface area contributed by atoms with Gasteiger partial charge in [-0.3, -0.25) is 9.59 Å². The molecule has 16 heteroatoms. The molecule has 4 aromatic rings. The van der Waals surface area contributed by atoms with E-state index in [1.165, 1.54) is 25.3 Å². The number of carbonyl (C=O) groups is 2. The first-order chi connectivity index (χ1) is 21.7. The molecule has 1 atom stereocenters. The van der Waals surface area contributed by atoms with Gasteiger partial charge >= 0.3 is 6.55 Å². The first-order valence-corrected chi connectivity index (χ1v) is 14.2. The molecular weight excluding hydrogens is 641 g/mol. The molecule has 0 bridgehead atoms. The molecule has 0 aliphatic heterocycles. The molecule has 244 valence electrons. The SMILES string of the molecule is CCOc1c(CC(N)=O)cc([C@@](O)(CNC(=O)c2cc(OC)c3nn(C(F)F)cc3c2)C2(F)CC2)nc1-c1cc(Cl)c(F)cc1F. The number of rotatable bonds is 12. The van der Waals surface area contributed by atoms with Gasteiger partial charge in [-0.1, -0.05) is 11.6 Å². The molecule has 2 aromatic carbocycles. The largest absolute Gasteiger partial charge is 0.494 e. The molecule has 1 aliphatic rings. The lowest BCUT2D eigenvalue weighted by Crippen LogP contribution is -2.49. The highest BCUT2D eigenvalue weighted by molar-refractivity contribution is 6.31.